The lowest BCUT2D eigenvalue weighted by atomic mass is 9.98. The molecule has 38 heavy (non-hydrogen) atoms. The molecule has 2 aromatic carbocycles. The number of piperidine rings is 1. The van der Waals surface area contributed by atoms with Crippen LogP contribution in [0.4, 0.5) is 0 Å². The maximum absolute atomic E-state index is 13.4. The van der Waals surface area contributed by atoms with Gasteiger partial charge in [0, 0.05) is 25.6 Å². The summed E-state index contributed by atoms with van der Waals surface area (Å²) in [5, 5.41) is 7.26. The molecule has 1 fully saturated rings. The largest absolute Gasteiger partial charge is 0.368 e. The van der Waals surface area contributed by atoms with Gasteiger partial charge in [0.15, 0.2) is 0 Å². The first kappa shape index (κ1) is 29.6. The highest BCUT2D eigenvalue weighted by Crippen LogP contribution is 2.38. The fourth-order valence-electron chi connectivity index (χ4n) is 4.47. The van der Waals surface area contributed by atoms with E-state index in [9.17, 15) is 23.7 Å². The van der Waals surface area contributed by atoms with Crippen molar-refractivity contribution in [3.63, 3.8) is 0 Å². The van der Waals surface area contributed by atoms with Crippen LogP contribution in [0.3, 0.4) is 0 Å². The highest BCUT2D eigenvalue weighted by molar-refractivity contribution is 8.04. The first-order chi connectivity index (χ1) is 17.9. The molecule has 3 atom stereocenters. The molecule has 0 aromatic heterocycles. The Morgan fingerprint density at radius 1 is 1.08 bits per heavy atom. The molecule has 0 spiro atoms. The van der Waals surface area contributed by atoms with Gasteiger partial charge in [0.05, 0.1) is 5.49 Å². The molecule has 3 unspecified atom stereocenters. The van der Waals surface area contributed by atoms with Crippen LogP contribution in [-0.2, 0) is 30.2 Å². The summed E-state index contributed by atoms with van der Waals surface area (Å²) < 4.78 is 11.2. The number of hydrogen-bond donors (Lipinski definition) is 5. The number of carbonyl (C=O) groups is 4. The van der Waals surface area contributed by atoms with Crippen LogP contribution in [0.15, 0.2) is 42.5 Å². The SMILES string of the molecule is CC(=O)NC(CSCP(=O)(O)O)C(=O)N1CCCCC1C(=O)NC(Cc1ccc2ccccc2c1)C(N)=O. The van der Waals surface area contributed by atoms with Gasteiger partial charge in [-0.15, -0.1) is 11.8 Å². The van der Waals surface area contributed by atoms with Crippen LogP contribution in [0.5, 0.6) is 0 Å². The first-order valence-electron chi connectivity index (χ1n) is 12.2. The van der Waals surface area contributed by atoms with Gasteiger partial charge in [0.25, 0.3) is 0 Å². The van der Waals surface area contributed by atoms with Crippen LogP contribution >= 0.6 is 19.4 Å². The molecule has 1 aliphatic rings. The summed E-state index contributed by atoms with van der Waals surface area (Å²) in [5.41, 5.74) is 5.93. The van der Waals surface area contributed by atoms with E-state index in [0.29, 0.717) is 19.3 Å². The lowest BCUT2D eigenvalue weighted by Crippen LogP contribution is -2.60. The molecular weight excluding hydrogens is 531 g/mol. The maximum atomic E-state index is 13.4. The number of fused-ring (bicyclic) bond motifs is 1. The molecule has 1 saturated heterocycles. The van der Waals surface area contributed by atoms with E-state index in [4.69, 9.17) is 15.5 Å². The molecule has 1 heterocycles. The topological polar surface area (TPSA) is 179 Å². The Morgan fingerprint density at radius 3 is 2.45 bits per heavy atom. The summed E-state index contributed by atoms with van der Waals surface area (Å²) in [7, 11) is -4.30. The number of rotatable bonds is 11. The van der Waals surface area contributed by atoms with Gasteiger partial charge < -0.3 is 31.1 Å². The number of likely N-dealkylation sites (tertiary alicyclic amines) is 1. The summed E-state index contributed by atoms with van der Waals surface area (Å²) in [5.74, 6) is -2.30. The van der Waals surface area contributed by atoms with Gasteiger partial charge in [-0.3, -0.25) is 23.7 Å². The number of nitrogens with one attached hydrogen (secondary N) is 2. The number of amides is 4. The number of primary amides is 1. The van der Waals surface area contributed by atoms with Crippen molar-refractivity contribution < 1.29 is 33.5 Å². The Bertz CT molecular complexity index is 1240. The zero-order chi connectivity index (χ0) is 27.9. The highest BCUT2D eigenvalue weighted by Gasteiger charge is 2.37. The molecule has 4 amide bonds. The summed E-state index contributed by atoms with van der Waals surface area (Å²) in [6.07, 6.45) is 1.88. The summed E-state index contributed by atoms with van der Waals surface area (Å²) in [4.78, 5) is 70.2. The van der Waals surface area contributed by atoms with E-state index < -0.39 is 54.8 Å². The van der Waals surface area contributed by atoms with Crippen LogP contribution < -0.4 is 16.4 Å². The Balaban J connectivity index is 1.73. The van der Waals surface area contributed by atoms with E-state index in [1.807, 2.05) is 42.5 Å². The Hall–Kier alpha value is -2.92. The van der Waals surface area contributed by atoms with E-state index in [-0.39, 0.29) is 18.7 Å². The summed E-state index contributed by atoms with van der Waals surface area (Å²) in [6.45, 7) is 1.50. The van der Waals surface area contributed by atoms with E-state index in [0.717, 1.165) is 28.1 Å². The van der Waals surface area contributed by atoms with Crippen molar-refractivity contribution in [3.05, 3.63) is 48.0 Å². The van der Waals surface area contributed by atoms with Crippen molar-refractivity contribution >= 4 is 53.8 Å². The smallest absolute Gasteiger partial charge is 0.335 e. The minimum atomic E-state index is -4.30. The van der Waals surface area contributed by atoms with E-state index >= 15 is 0 Å². The number of nitrogens with two attached hydrogens (primary N) is 1. The number of thioether (sulfide) groups is 1. The standard InChI is InChI=1S/C25H33N4O7PS/c1-16(30)27-21(14-38-15-37(34,35)36)25(33)29-11-5-4-8-22(29)24(32)28-20(23(26)31)13-17-9-10-18-6-2-3-7-19(18)12-17/h2-3,6-7,9-10,12,20-22H,4-5,8,11,13-15H2,1H3,(H2,26,31)(H,27,30)(H,28,32)(H2,34,35,36). The summed E-state index contributed by atoms with van der Waals surface area (Å²) >= 11 is 0.842. The quantitative estimate of drug-likeness (QED) is 0.252. The van der Waals surface area contributed by atoms with Crippen molar-refractivity contribution in [3.8, 4) is 0 Å². The number of hydrogen-bond acceptors (Lipinski definition) is 6. The fraction of sp³-hybridized carbons (Fsp3) is 0.440. The van der Waals surface area contributed by atoms with Gasteiger partial charge >= 0.3 is 7.60 Å². The van der Waals surface area contributed by atoms with E-state index in [1.54, 1.807) is 0 Å². The monoisotopic (exact) mass is 564 g/mol. The van der Waals surface area contributed by atoms with Gasteiger partial charge in [-0.1, -0.05) is 42.5 Å². The van der Waals surface area contributed by atoms with Crippen molar-refractivity contribution in [2.45, 2.75) is 50.7 Å². The predicted octanol–water partition coefficient (Wildman–Crippen LogP) is 1.11. The second kappa shape index (κ2) is 13.2. The van der Waals surface area contributed by atoms with Gasteiger partial charge in [-0.05, 0) is 35.6 Å². The molecule has 13 heteroatoms. The third-order valence-electron chi connectivity index (χ3n) is 6.22. The molecule has 0 bridgehead atoms. The van der Waals surface area contributed by atoms with Crippen molar-refractivity contribution in [1.82, 2.24) is 15.5 Å². The second-order valence-electron chi connectivity index (χ2n) is 9.31. The molecule has 2 aromatic rings. The lowest BCUT2D eigenvalue weighted by molar-refractivity contribution is -0.145. The Labute approximate surface area is 225 Å². The number of benzene rings is 2. The van der Waals surface area contributed by atoms with E-state index in [2.05, 4.69) is 10.6 Å². The Morgan fingerprint density at radius 2 is 1.79 bits per heavy atom. The van der Waals surface area contributed by atoms with E-state index in [1.165, 1.54) is 11.8 Å². The molecule has 0 saturated carbocycles. The molecule has 6 N–H and O–H groups in total. The van der Waals surface area contributed by atoms with Crippen LogP contribution in [-0.4, -0.2) is 74.2 Å². The van der Waals surface area contributed by atoms with Crippen LogP contribution in [0.2, 0.25) is 0 Å². The minimum absolute atomic E-state index is 0.0692. The molecular formula is C25H33N4O7PS. The lowest BCUT2D eigenvalue weighted by Gasteiger charge is -2.37. The molecule has 0 aliphatic carbocycles. The Kier molecular flexibility index (Phi) is 10.3. The van der Waals surface area contributed by atoms with Gasteiger partial charge in [0.1, 0.15) is 18.1 Å². The molecule has 0 radical (unpaired) electrons. The normalized spacial score (nSPS) is 17.4. The average Bonchev–Trinajstić information content (AvgIpc) is 2.86. The molecule has 11 nitrogen and oxygen atoms in total. The second-order valence-corrected chi connectivity index (χ2v) is 12.4. The molecule has 1 aliphatic heterocycles. The van der Waals surface area contributed by atoms with Gasteiger partial charge in [-0.25, -0.2) is 0 Å². The predicted molar refractivity (Wildman–Crippen MR) is 145 cm³/mol. The van der Waals surface area contributed by atoms with Gasteiger partial charge in [-0.2, -0.15) is 0 Å². The highest BCUT2D eigenvalue weighted by atomic mass is 32.2. The molecule has 3 rings (SSSR count). The van der Waals surface area contributed by atoms with Crippen LogP contribution in [0, 0.1) is 0 Å². The van der Waals surface area contributed by atoms with Crippen molar-refractivity contribution in [1.29, 1.82) is 0 Å². The zero-order valence-electron chi connectivity index (χ0n) is 21.0. The minimum Gasteiger partial charge on any atom is -0.368 e. The fourth-order valence-corrected chi connectivity index (χ4v) is 6.30. The average molecular weight is 565 g/mol. The zero-order valence-corrected chi connectivity index (χ0v) is 22.7. The summed E-state index contributed by atoms with van der Waals surface area (Å²) in [6, 6.07) is 10.6. The maximum Gasteiger partial charge on any atom is 0.335 e. The third-order valence-corrected chi connectivity index (χ3v) is 8.87. The van der Waals surface area contributed by atoms with Crippen molar-refractivity contribution in [2.24, 2.45) is 5.73 Å². The van der Waals surface area contributed by atoms with Gasteiger partial charge in [0.2, 0.25) is 23.6 Å². The van der Waals surface area contributed by atoms with Crippen LogP contribution in [0.1, 0.15) is 31.7 Å². The molecule has 206 valence electrons. The number of nitrogens with zero attached hydrogens (tertiary/aromatic N) is 1. The van der Waals surface area contributed by atoms with Crippen LogP contribution in [0.25, 0.3) is 10.8 Å². The van der Waals surface area contributed by atoms with Crippen molar-refractivity contribution in [2.75, 3.05) is 17.8 Å². The third kappa shape index (κ3) is 8.56. The number of carbonyl (C=O) groups excluding carboxylic acids is 4. The first-order valence-corrected chi connectivity index (χ1v) is 15.2.